The van der Waals surface area contributed by atoms with Crippen molar-refractivity contribution in [3.05, 3.63) is 34.9 Å². The zero-order valence-electron chi connectivity index (χ0n) is 14.3. The summed E-state index contributed by atoms with van der Waals surface area (Å²) in [4.78, 5) is 0. The molecule has 0 saturated carbocycles. The van der Waals surface area contributed by atoms with E-state index in [2.05, 4.69) is 52.8 Å². The maximum atomic E-state index is 5.04. The van der Waals surface area contributed by atoms with Crippen LogP contribution in [0.2, 0.25) is 0 Å². The predicted octanol–water partition coefficient (Wildman–Crippen LogP) is 3.99. The van der Waals surface area contributed by atoms with E-state index >= 15 is 0 Å². The van der Waals surface area contributed by atoms with Crippen LogP contribution in [0, 0.1) is 6.92 Å². The minimum absolute atomic E-state index is 0. The van der Waals surface area contributed by atoms with E-state index in [0.717, 1.165) is 6.42 Å². The average molecular weight is 377 g/mol. The van der Waals surface area contributed by atoms with Gasteiger partial charge in [-0.25, -0.2) is 0 Å². The first-order valence-corrected chi connectivity index (χ1v) is 7.44. The van der Waals surface area contributed by atoms with Crippen LogP contribution in [0.15, 0.2) is 18.2 Å². The molecule has 1 atom stereocenters. The Kier molecular flexibility index (Phi) is 35.4. The van der Waals surface area contributed by atoms with Gasteiger partial charge in [-0.2, -0.15) is 0 Å². The second-order valence-electron chi connectivity index (χ2n) is 3.17. The molecule has 5 heteroatoms. The Labute approximate surface area is 154 Å². The molecule has 0 spiro atoms. The van der Waals surface area contributed by atoms with Gasteiger partial charge < -0.3 is 4.52 Å². The minimum atomic E-state index is 0. The quantitative estimate of drug-likeness (QED) is 0.476. The summed E-state index contributed by atoms with van der Waals surface area (Å²) in [6.45, 7) is 13.0. The number of nitrogens with one attached hydrogen (secondary N) is 1. The summed E-state index contributed by atoms with van der Waals surface area (Å²) in [6.07, 6.45) is 1.08. The van der Waals surface area contributed by atoms with Crippen molar-refractivity contribution in [1.82, 2.24) is 5.43 Å². The number of nitrogens with two attached hydrogens (primary N) is 1. The standard InChI is InChI=1S/C10H15OP.2C2H6.CH6N2.Y/c1-3-10-8(2)5-4-6-9(10)7-11-12;2*1-2;1-3-2;/h4-6H,3,7,12H2,1-2H3;2*1-2H3;3H,2H2,1H3;. The molecule has 0 fully saturated rings. The smallest absolute Gasteiger partial charge is 0.0755 e. The van der Waals surface area contributed by atoms with E-state index in [4.69, 9.17) is 4.52 Å². The Bertz CT molecular complexity index is 287. The minimum Gasteiger partial charge on any atom is -0.361 e. The third-order valence-electron chi connectivity index (χ3n) is 2.10. The molecule has 0 aromatic heterocycles. The van der Waals surface area contributed by atoms with Gasteiger partial charge in [0, 0.05) is 42.2 Å². The summed E-state index contributed by atoms with van der Waals surface area (Å²) in [5, 5.41) is 0. The zero-order valence-corrected chi connectivity index (χ0v) is 18.3. The molecule has 20 heavy (non-hydrogen) atoms. The molecular formula is C15H33N2OPY. The van der Waals surface area contributed by atoms with Crippen molar-refractivity contribution < 1.29 is 37.2 Å². The largest absolute Gasteiger partial charge is 0.361 e. The van der Waals surface area contributed by atoms with Crippen LogP contribution in [0.25, 0.3) is 0 Å². The van der Waals surface area contributed by atoms with Gasteiger partial charge in [0.25, 0.3) is 0 Å². The summed E-state index contributed by atoms with van der Waals surface area (Å²) in [7, 11) is 3.94. The molecule has 0 amide bonds. The molecule has 0 saturated heterocycles. The Morgan fingerprint density at radius 1 is 1.20 bits per heavy atom. The van der Waals surface area contributed by atoms with Gasteiger partial charge in [0.2, 0.25) is 0 Å². The van der Waals surface area contributed by atoms with E-state index in [0.29, 0.717) is 6.61 Å². The molecule has 3 N–H and O–H groups in total. The third kappa shape index (κ3) is 15.0. The van der Waals surface area contributed by atoms with E-state index < -0.39 is 0 Å². The van der Waals surface area contributed by atoms with Gasteiger partial charge in [0.05, 0.1) is 6.61 Å². The van der Waals surface area contributed by atoms with Crippen LogP contribution in [0.4, 0.5) is 0 Å². The second kappa shape index (κ2) is 24.6. The molecule has 0 aliphatic heterocycles. The number of hydrazine groups is 1. The first-order chi connectivity index (χ1) is 9.21. The summed E-state index contributed by atoms with van der Waals surface area (Å²) >= 11 is 0. The molecule has 1 aromatic carbocycles. The van der Waals surface area contributed by atoms with Crippen molar-refractivity contribution in [2.75, 3.05) is 7.05 Å². The monoisotopic (exact) mass is 377 g/mol. The van der Waals surface area contributed by atoms with Crippen LogP contribution in [-0.2, 0) is 50.3 Å². The molecule has 1 unspecified atom stereocenters. The first-order valence-electron chi connectivity index (χ1n) is 6.97. The Morgan fingerprint density at radius 3 is 2.00 bits per heavy atom. The third-order valence-corrected chi connectivity index (χ3v) is 2.27. The van der Waals surface area contributed by atoms with Crippen LogP contribution < -0.4 is 11.3 Å². The molecule has 0 aliphatic rings. The molecular weight excluding hydrogens is 344 g/mol. The van der Waals surface area contributed by atoms with Gasteiger partial charge in [-0.1, -0.05) is 52.8 Å². The van der Waals surface area contributed by atoms with Crippen LogP contribution in [-0.4, -0.2) is 7.05 Å². The van der Waals surface area contributed by atoms with Crippen molar-refractivity contribution in [1.29, 1.82) is 0 Å². The van der Waals surface area contributed by atoms with Crippen molar-refractivity contribution in [3.63, 3.8) is 0 Å². The number of hydrogen-bond donors (Lipinski definition) is 2. The van der Waals surface area contributed by atoms with Gasteiger partial charge in [-0.15, -0.1) is 0 Å². The Hall–Kier alpha value is 0.634. The number of aryl methyl sites for hydroxylation is 1. The zero-order chi connectivity index (χ0) is 15.7. The molecule has 0 heterocycles. The van der Waals surface area contributed by atoms with E-state index in [9.17, 15) is 0 Å². The molecule has 1 aromatic rings. The van der Waals surface area contributed by atoms with Crippen molar-refractivity contribution in [2.24, 2.45) is 5.84 Å². The van der Waals surface area contributed by atoms with Crippen LogP contribution >= 0.6 is 9.47 Å². The van der Waals surface area contributed by atoms with Crippen LogP contribution in [0.5, 0.6) is 0 Å². The average Bonchev–Trinajstić information content (AvgIpc) is 2.45. The number of benzene rings is 1. The van der Waals surface area contributed by atoms with Gasteiger partial charge >= 0.3 is 0 Å². The molecule has 3 nitrogen and oxygen atoms in total. The van der Waals surface area contributed by atoms with E-state index in [1.807, 2.05) is 27.7 Å². The second-order valence-corrected chi connectivity index (χ2v) is 3.50. The van der Waals surface area contributed by atoms with Crippen molar-refractivity contribution >= 4 is 9.47 Å². The van der Waals surface area contributed by atoms with Crippen molar-refractivity contribution in [2.45, 2.75) is 54.6 Å². The SMILES string of the molecule is CC.CC.CCc1c(C)cccc1COP.CNN.[Y]. The van der Waals surface area contributed by atoms with Gasteiger partial charge in [0.15, 0.2) is 0 Å². The predicted molar refractivity (Wildman–Crippen MR) is 91.0 cm³/mol. The fourth-order valence-electron chi connectivity index (χ4n) is 1.49. The summed E-state index contributed by atoms with van der Waals surface area (Å²) in [6, 6.07) is 6.34. The van der Waals surface area contributed by atoms with E-state index in [1.54, 1.807) is 7.05 Å². The molecule has 1 rings (SSSR count). The molecule has 0 bridgehead atoms. The van der Waals surface area contributed by atoms with Gasteiger partial charge in [-0.3, -0.25) is 11.3 Å². The van der Waals surface area contributed by atoms with E-state index in [-0.39, 0.29) is 32.7 Å². The molecule has 0 aliphatic carbocycles. The van der Waals surface area contributed by atoms with Crippen molar-refractivity contribution in [3.8, 4) is 0 Å². The van der Waals surface area contributed by atoms with Gasteiger partial charge in [0.1, 0.15) is 0 Å². The first kappa shape index (κ1) is 28.7. The number of rotatable bonds is 3. The molecule has 117 valence electrons. The topological polar surface area (TPSA) is 47.3 Å². The Balaban J connectivity index is -0.000000138. The van der Waals surface area contributed by atoms with Crippen LogP contribution in [0.1, 0.15) is 51.3 Å². The molecule has 1 radical (unpaired) electrons. The van der Waals surface area contributed by atoms with E-state index in [1.165, 1.54) is 16.7 Å². The fourth-order valence-corrected chi connectivity index (χ4v) is 1.67. The summed E-state index contributed by atoms with van der Waals surface area (Å²) in [5.74, 6) is 4.60. The summed E-state index contributed by atoms with van der Waals surface area (Å²) in [5.41, 5.74) is 6.32. The van der Waals surface area contributed by atoms with Gasteiger partial charge in [-0.05, 0) is 37.1 Å². The maximum Gasteiger partial charge on any atom is 0.0755 e. The normalized spacial score (nSPS) is 7.65. The fraction of sp³-hybridized carbons (Fsp3) is 0.600. The number of hydrogen-bond acceptors (Lipinski definition) is 3. The summed E-state index contributed by atoms with van der Waals surface area (Å²) < 4.78 is 5.04. The maximum absolute atomic E-state index is 5.04. The van der Waals surface area contributed by atoms with Crippen LogP contribution in [0.3, 0.4) is 0 Å². The Morgan fingerprint density at radius 2 is 1.65 bits per heavy atom.